The zero-order valence-corrected chi connectivity index (χ0v) is 19.3. The van der Waals surface area contributed by atoms with Crippen LogP contribution in [0, 0.1) is 22.7 Å². The van der Waals surface area contributed by atoms with Crippen LogP contribution in [0.15, 0.2) is 58.3 Å². The van der Waals surface area contributed by atoms with Crippen LogP contribution in [0.2, 0.25) is 0 Å². The molecule has 0 aliphatic carbocycles. The van der Waals surface area contributed by atoms with Crippen LogP contribution in [0.1, 0.15) is 24.0 Å². The second-order valence-electron chi connectivity index (χ2n) is 7.08. The molecule has 0 aliphatic rings. The average Bonchev–Trinajstić information content (AvgIpc) is 2.79. The lowest BCUT2D eigenvalue weighted by molar-refractivity contribution is 0.325. The molecule has 0 aliphatic heterocycles. The SMILES string of the molecule is CN(CCCNS(=O)(=O)c1ccc(C#N)cc1)CCCNS(=O)(=O)c1ccc(C#N)cc1. The highest BCUT2D eigenvalue weighted by Gasteiger charge is 2.14. The number of rotatable bonds is 12. The zero-order chi connectivity index (χ0) is 23.6. The van der Waals surface area contributed by atoms with Crippen LogP contribution < -0.4 is 9.44 Å². The van der Waals surface area contributed by atoms with Gasteiger partial charge in [-0.15, -0.1) is 0 Å². The summed E-state index contributed by atoms with van der Waals surface area (Å²) in [5, 5.41) is 17.6. The Labute approximate surface area is 189 Å². The first kappa shape index (κ1) is 25.5. The molecule has 11 heteroatoms. The number of nitrogens with one attached hydrogen (secondary N) is 2. The topological polar surface area (TPSA) is 143 Å². The molecule has 0 spiro atoms. The standard InChI is InChI=1S/C21H25N5O4S2/c1-26(14-2-12-24-31(27,28)20-8-4-18(16-22)5-9-20)15-3-13-25-32(29,30)21-10-6-19(17-23)7-11-21/h4-11,24-25H,2-3,12-15H2,1H3. The molecule has 0 atom stereocenters. The fourth-order valence-electron chi connectivity index (χ4n) is 2.81. The van der Waals surface area contributed by atoms with Gasteiger partial charge in [0.1, 0.15) is 0 Å². The van der Waals surface area contributed by atoms with Gasteiger partial charge in [-0.25, -0.2) is 26.3 Å². The van der Waals surface area contributed by atoms with Crippen molar-refractivity contribution in [1.29, 1.82) is 10.5 Å². The van der Waals surface area contributed by atoms with Crippen LogP contribution in [-0.2, 0) is 20.0 Å². The first-order valence-corrected chi connectivity index (χ1v) is 12.8. The first-order chi connectivity index (χ1) is 15.2. The average molecular weight is 476 g/mol. The Morgan fingerprint density at radius 1 is 0.719 bits per heavy atom. The maximum absolute atomic E-state index is 12.2. The van der Waals surface area contributed by atoms with E-state index in [1.165, 1.54) is 48.5 Å². The van der Waals surface area contributed by atoms with Gasteiger partial charge in [-0.3, -0.25) is 0 Å². The monoisotopic (exact) mass is 475 g/mol. The smallest absolute Gasteiger partial charge is 0.240 e. The van der Waals surface area contributed by atoms with Crippen molar-refractivity contribution < 1.29 is 16.8 Å². The third-order valence-electron chi connectivity index (χ3n) is 4.60. The number of nitriles is 2. The molecular formula is C21H25N5O4S2. The maximum Gasteiger partial charge on any atom is 0.240 e. The van der Waals surface area contributed by atoms with Crippen molar-refractivity contribution in [3.05, 3.63) is 59.7 Å². The van der Waals surface area contributed by atoms with E-state index < -0.39 is 20.0 Å². The first-order valence-electron chi connectivity index (χ1n) is 9.86. The minimum Gasteiger partial charge on any atom is -0.306 e. The molecular weight excluding hydrogens is 450 g/mol. The van der Waals surface area contributed by atoms with E-state index in [4.69, 9.17) is 10.5 Å². The largest absolute Gasteiger partial charge is 0.306 e. The van der Waals surface area contributed by atoms with Crippen LogP contribution in [0.25, 0.3) is 0 Å². The second kappa shape index (κ2) is 11.7. The van der Waals surface area contributed by atoms with Gasteiger partial charge in [0.25, 0.3) is 0 Å². The number of sulfonamides is 2. The molecule has 0 amide bonds. The molecule has 0 bridgehead atoms. The Hall–Kier alpha value is -2.80. The lowest BCUT2D eigenvalue weighted by Gasteiger charge is -2.17. The lowest BCUT2D eigenvalue weighted by atomic mass is 10.2. The van der Waals surface area contributed by atoms with Gasteiger partial charge in [0.2, 0.25) is 20.0 Å². The van der Waals surface area contributed by atoms with Crippen molar-refractivity contribution >= 4 is 20.0 Å². The van der Waals surface area contributed by atoms with Gasteiger partial charge >= 0.3 is 0 Å². The summed E-state index contributed by atoms with van der Waals surface area (Å²) in [7, 11) is -5.37. The van der Waals surface area contributed by atoms with E-state index in [0.717, 1.165) is 0 Å². The van der Waals surface area contributed by atoms with Gasteiger partial charge in [-0.05, 0) is 81.5 Å². The number of hydrogen-bond acceptors (Lipinski definition) is 7. The van der Waals surface area contributed by atoms with Crippen molar-refractivity contribution in [2.45, 2.75) is 22.6 Å². The molecule has 0 fully saturated rings. The van der Waals surface area contributed by atoms with Gasteiger partial charge in [0, 0.05) is 13.1 Å². The fraction of sp³-hybridized carbons (Fsp3) is 0.333. The Kier molecular flexibility index (Phi) is 9.32. The van der Waals surface area contributed by atoms with E-state index in [0.29, 0.717) is 37.1 Å². The molecule has 170 valence electrons. The van der Waals surface area contributed by atoms with E-state index >= 15 is 0 Å². The molecule has 2 aromatic carbocycles. The molecule has 0 saturated heterocycles. The molecule has 9 nitrogen and oxygen atoms in total. The molecule has 32 heavy (non-hydrogen) atoms. The molecule has 0 unspecified atom stereocenters. The van der Waals surface area contributed by atoms with Crippen molar-refractivity contribution in [2.24, 2.45) is 0 Å². The third-order valence-corrected chi connectivity index (χ3v) is 7.56. The van der Waals surface area contributed by atoms with E-state index in [9.17, 15) is 16.8 Å². The Morgan fingerprint density at radius 2 is 1.06 bits per heavy atom. The van der Waals surface area contributed by atoms with Crippen molar-refractivity contribution in [1.82, 2.24) is 14.3 Å². The molecule has 2 N–H and O–H groups in total. The fourth-order valence-corrected chi connectivity index (χ4v) is 4.95. The van der Waals surface area contributed by atoms with Crippen LogP contribution in [0.4, 0.5) is 0 Å². The van der Waals surface area contributed by atoms with Crippen LogP contribution in [0.3, 0.4) is 0 Å². The Bertz CT molecular complexity index is 1090. The summed E-state index contributed by atoms with van der Waals surface area (Å²) in [4.78, 5) is 2.21. The predicted molar refractivity (Wildman–Crippen MR) is 119 cm³/mol. The lowest BCUT2D eigenvalue weighted by Crippen LogP contribution is -2.31. The Morgan fingerprint density at radius 3 is 1.38 bits per heavy atom. The maximum atomic E-state index is 12.2. The predicted octanol–water partition coefficient (Wildman–Crippen LogP) is 1.40. The van der Waals surface area contributed by atoms with E-state index in [-0.39, 0.29) is 22.9 Å². The summed E-state index contributed by atoms with van der Waals surface area (Å²) in [5.74, 6) is 0. The van der Waals surface area contributed by atoms with Crippen LogP contribution in [-0.4, -0.2) is 55.0 Å². The second-order valence-corrected chi connectivity index (χ2v) is 10.6. The van der Waals surface area contributed by atoms with Crippen LogP contribution >= 0.6 is 0 Å². The third kappa shape index (κ3) is 7.71. The van der Waals surface area contributed by atoms with E-state index in [1.807, 2.05) is 24.1 Å². The van der Waals surface area contributed by atoms with E-state index in [1.54, 1.807) is 0 Å². The highest BCUT2D eigenvalue weighted by Crippen LogP contribution is 2.11. The van der Waals surface area contributed by atoms with Gasteiger partial charge in [0.05, 0.1) is 33.1 Å². The summed E-state index contributed by atoms with van der Waals surface area (Å²) >= 11 is 0. The highest BCUT2D eigenvalue weighted by atomic mass is 32.2. The molecule has 0 heterocycles. The molecule has 0 radical (unpaired) electrons. The summed E-state index contributed by atoms with van der Waals surface area (Å²) < 4.78 is 54.0. The number of benzene rings is 2. The summed E-state index contributed by atoms with van der Waals surface area (Å²) in [6.07, 6.45) is 1.17. The normalized spacial score (nSPS) is 11.8. The van der Waals surface area contributed by atoms with E-state index in [2.05, 4.69) is 9.44 Å². The van der Waals surface area contributed by atoms with Crippen molar-refractivity contribution in [3.8, 4) is 12.1 Å². The summed E-state index contributed by atoms with van der Waals surface area (Å²) in [5.41, 5.74) is 0.787. The molecule has 0 aromatic heterocycles. The van der Waals surface area contributed by atoms with Crippen LogP contribution in [0.5, 0.6) is 0 Å². The van der Waals surface area contributed by atoms with Gasteiger partial charge in [0.15, 0.2) is 0 Å². The minimum atomic E-state index is -3.62. The summed E-state index contributed by atoms with van der Waals surface area (Å²) in [6.45, 7) is 1.80. The number of hydrogen-bond donors (Lipinski definition) is 2. The summed E-state index contributed by atoms with van der Waals surface area (Å²) in [6, 6.07) is 15.3. The van der Waals surface area contributed by atoms with Crippen molar-refractivity contribution in [2.75, 3.05) is 33.2 Å². The number of nitrogens with zero attached hydrogens (tertiary/aromatic N) is 3. The molecule has 2 rings (SSSR count). The molecule has 0 saturated carbocycles. The van der Waals surface area contributed by atoms with Gasteiger partial charge in [-0.1, -0.05) is 0 Å². The highest BCUT2D eigenvalue weighted by molar-refractivity contribution is 7.89. The molecule has 2 aromatic rings. The Balaban J connectivity index is 1.67. The van der Waals surface area contributed by atoms with Gasteiger partial charge < -0.3 is 4.90 Å². The van der Waals surface area contributed by atoms with Crippen molar-refractivity contribution in [3.63, 3.8) is 0 Å². The zero-order valence-electron chi connectivity index (χ0n) is 17.7. The quantitative estimate of drug-likeness (QED) is 0.442. The van der Waals surface area contributed by atoms with Gasteiger partial charge in [-0.2, -0.15) is 10.5 Å². The minimum absolute atomic E-state index is 0.111.